The summed E-state index contributed by atoms with van der Waals surface area (Å²) >= 11 is 0. The topological polar surface area (TPSA) is 90.5 Å². The highest BCUT2D eigenvalue weighted by Crippen LogP contribution is 2.28. The van der Waals surface area contributed by atoms with Crippen LogP contribution >= 0.6 is 0 Å². The van der Waals surface area contributed by atoms with Crippen molar-refractivity contribution >= 4 is 23.4 Å². The molecule has 2 aromatic carbocycles. The Bertz CT molecular complexity index is 1030. The largest absolute Gasteiger partial charge is 0.383 e. The second-order valence-corrected chi connectivity index (χ2v) is 8.21. The summed E-state index contributed by atoms with van der Waals surface area (Å²) in [6.45, 7) is 2.00. The van der Waals surface area contributed by atoms with Gasteiger partial charge in [0.25, 0.3) is 5.91 Å². The van der Waals surface area contributed by atoms with Crippen LogP contribution in [-0.2, 0) is 29.1 Å². The van der Waals surface area contributed by atoms with E-state index in [0.29, 0.717) is 31.1 Å². The van der Waals surface area contributed by atoms with E-state index in [1.807, 2.05) is 18.2 Å². The van der Waals surface area contributed by atoms with E-state index < -0.39 is 6.04 Å². The first-order valence-corrected chi connectivity index (χ1v) is 10.4. The van der Waals surface area contributed by atoms with Crippen molar-refractivity contribution < 1.29 is 14.4 Å². The normalized spacial score (nSPS) is 22.9. The van der Waals surface area contributed by atoms with E-state index in [0.717, 1.165) is 24.1 Å². The number of rotatable bonds is 4. The summed E-state index contributed by atoms with van der Waals surface area (Å²) < 4.78 is 0. The maximum Gasteiger partial charge on any atom is 0.255 e. The van der Waals surface area contributed by atoms with E-state index in [1.54, 1.807) is 4.90 Å². The molecule has 3 heterocycles. The summed E-state index contributed by atoms with van der Waals surface area (Å²) in [6, 6.07) is 14.0. The first-order valence-electron chi connectivity index (χ1n) is 10.4. The molecule has 0 saturated carbocycles. The molecule has 7 nitrogen and oxygen atoms in total. The summed E-state index contributed by atoms with van der Waals surface area (Å²) in [5.74, 6) is -0.778. The first-order chi connectivity index (χ1) is 14.6. The van der Waals surface area contributed by atoms with Gasteiger partial charge in [0.05, 0.1) is 0 Å². The summed E-state index contributed by atoms with van der Waals surface area (Å²) in [5, 5.41) is 9.42. The lowest BCUT2D eigenvalue weighted by molar-refractivity contribution is -0.136. The molecular formula is C23H24N4O3. The molecule has 0 radical (unpaired) electrons. The standard InChI is InChI=1S/C23H24N4O3/c28-21-8-7-20(22(29)26-21)27-13-16-9-14(5-6-18(16)23(27)30)11-24-17-10-15-3-1-2-4-19(15)25-12-17/h1-6,9,17,20,24-25H,7-8,10-13H2,(H,26,28,29). The number of nitrogens with zero attached hydrogens (tertiary/aromatic N) is 1. The number of hydrogen-bond donors (Lipinski definition) is 3. The number of benzene rings is 2. The molecule has 3 aliphatic rings. The number of amides is 3. The average Bonchev–Trinajstić information content (AvgIpc) is 3.08. The molecular weight excluding hydrogens is 380 g/mol. The highest BCUT2D eigenvalue weighted by Gasteiger charge is 2.39. The number of piperidine rings is 1. The van der Waals surface area contributed by atoms with E-state index in [4.69, 9.17) is 0 Å². The molecule has 1 fully saturated rings. The molecule has 30 heavy (non-hydrogen) atoms. The minimum Gasteiger partial charge on any atom is -0.383 e. The molecule has 3 amide bonds. The average molecular weight is 404 g/mol. The van der Waals surface area contributed by atoms with Crippen LogP contribution in [0.15, 0.2) is 42.5 Å². The van der Waals surface area contributed by atoms with Gasteiger partial charge < -0.3 is 15.5 Å². The third kappa shape index (κ3) is 3.45. The molecule has 0 spiro atoms. The van der Waals surface area contributed by atoms with Crippen molar-refractivity contribution in [3.8, 4) is 0 Å². The molecule has 1 saturated heterocycles. The highest BCUT2D eigenvalue weighted by molar-refractivity contribution is 6.05. The van der Waals surface area contributed by atoms with Crippen LogP contribution in [0.2, 0.25) is 0 Å². The van der Waals surface area contributed by atoms with Gasteiger partial charge in [0.15, 0.2) is 0 Å². The van der Waals surface area contributed by atoms with Gasteiger partial charge in [0.2, 0.25) is 11.8 Å². The van der Waals surface area contributed by atoms with Crippen LogP contribution in [-0.4, -0.2) is 41.2 Å². The Balaban J connectivity index is 1.24. The Morgan fingerprint density at radius 3 is 2.80 bits per heavy atom. The molecule has 7 heteroatoms. The molecule has 3 N–H and O–H groups in total. The number of carbonyl (C=O) groups is 3. The van der Waals surface area contributed by atoms with Gasteiger partial charge >= 0.3 is 0 Å². The fraction of sp³-hybridized carbons (Fsp3) is 0.348. The first kappa shape index (κ1) is 18.8. The van der Waals surface area contributed by atoms with Crippen molar-refractivity contribution in [2.45, 2.75) is 44.4 Å². The van der Waals surface area contributed by atoms with Gasteiger partial charge in [-0.3, -0.25) is 19.7 Å². The number of carbonyl (C=O) groups excluding carboxylic acids is 3. The van der Waals surface area contributed by atoms with Gasteiger partial charge in [0, 0.05) is 43.3 Å². The van der Waals surface area contributed by atoms with Crippen LogP contribution in [0.5, 0.6) is 0 Å². The van der Waals surface area contributed by atoms with Gasteiger partial charge in [-0.1, -0.05) is 30.3 Å². The Morgan fingerprint density at radius 1 is 1.07 bits per heavy atom. The molecule has 0 bridgehead atoms. The monoisotopic (exact) mass is 404 g/mol. The maximum absolute atomic E-state index is 12.8. The van der Waals surface area contributed by atoms with E-state index in [2.05, 4.69) is 40.2 Å². The summed E-state index contributed by atoms with van der Waals surface area (Å²) in [4.78, 5) is 38.0. The van der Waals surface area contributed by atoms with Crippen molar-refractivity contribution in [3.05, 3.63) is 64.7 Å². The van der Waals surface area contributed by atoms with Crippen molar-refractivity contribution in [1.82, 2.24) is 15.5 Å². The van der Waals surface area contributed by atoms with Crippen LogP contribution in [0.4, 0.5) is 5.69 Å². The predicted molar refractivity (Wildman–Crippen MR) is 112 cm³/mol. The summed E-state index contributed by atoms with van der Waals surface area (Å²) in [7, 11) is 0. The number of anilines is 1. The molecule has 2 atom stereocenters. The van der Waals surface area contributed by atoms with Crippen LogP contribution in [0.1, 0.15) is 39.9 Å². The van der Waals surface area contributed by atoms with E-state index in [1.165, 1.54) is 11.3 Å². The number of hydrogen-bond acceptors (Lipinski definition) is 5. The number of imide groups is 1. The molecule has 2 aromatic rings. The number of nitrogens with one attached hydrogen (secondary N) is 3. The fourth-order valence-corrected chi connectivity index (χ4v) is 4.59. The lowest BCUT2D eigenvalue weighted by atomic mass is 9.99. The minimum atomic E-state index is -0.572. The number of para-hydroxylation sites is 1. The minimum absolute atomic E-state index is 0.132. The second kappa shape index (κ2) is 7.57. The zero-order valence-electron chi connectivity index (χ0n) is 16.6. The lowest BCUT2D eigenvalue weighted by Gasteiger charge is -2.29. The van der Waals surface area contributed by atoms with E-state index >= 15 is 0 Å². The van der Waals surface area contributed by atoms with Gasteiger partial charge in [-0.15, -0.1) is 0 Å². The van der Waals surface area contributed by atoms with Crippen LogP contribution in [0.25, 0.3) is 0 Å². The molecule has 5 rings (SSSR count). The van der Waals surface area contributed by atoms with Crippen molar-refractivity contribution in [3.63, 3.8) is 0 Å². The van der Waals surface area contributed by atoms with Crippen molar-refractivity contribution in [2.75, 3.05) is 11.9 Å². The summed E-state index contributed by atoms with van der Waals surface area (Å²) in [6.07, 6.45) is 1.63. The van der Waals surface area contributed by atoms with Crippen molar-refractivity contribution in [1.29, 1.82) is 0 Å². The quantitative estimate of drug-likeness (QED) is 0.673. The van der Waals surface area contributed by atoms with Gasteiger partial charge in [-0.25, -0.2) is 0 Å². The Hall–Kier alpha value is -3.19. The Morgan fingerprint density at radius 2 is 1.93 bits per heavy atom. The Kier molecular flexibility index (Phi) is 4.75. The third-order valence-corrected chi connectivity index (χ3v) is 6.21. The predicted octanol–water partition coefficient (Wildman–Crippen LogP) is 1.57. The lowest BCUT2D eigenvalue weighted by Crippen LogP contribution is -2.52. The van der Waals surface area contributed by atoms with Gasteiger partial charge in [-0.05, 0) is 41.7 Å². The van der Waals surface area contributed by atoms with Crippen LogP contribution in [0.3, 0.4) is 0 Å². The molecule has 2 unspecified atom stereocenters. The third-order valence-electron chi connectivity index (χ3n) is 6.21. The van der Waals surface area contributed by atoms with Crippen LogP contribution in [0, 0.1) is 0 Å². The molecule has 0 aromatic heterocycles. The zero-order chi connectivity index (χ0) is 20.7. The zero-order valence-corrected chi connectivity index (χ0v) is 16.6. The SMILES string of the molecule is O=C1CCC(N2Cc3cc(CNC4CNc5ccccc5C4)ccc3C2=O)C(=O)N1. The maximum atomic E-state index is 12.8. The molecule has 0 aliphatic carbocycles. The smallest absolute Gasteiger partial charge is 0.255 e. The second-order valence-electron chi connectivity index (χ2n) is 8.21. The number of fused-ring (bicyclic) bond motifs is 2. The summed E-state index contributed by atoms with van der Waals surface area (Å²) in [5.41, 5.74) is 5.24. The van der Waals surface area contributed by atoms with Gasteiger partial charge in [0.1, 0.15) is 6.04 Å². The highest BCUT2D eigenvalue weighted by atomic mass is 16.2. The Labute approximate surface area is 174 Å². The van der Waals surface area contributed by atoms with Gasteiger partial charge in [-0.2, -0.15) is 0 Å². The molecule has 3 aliphatic heterocycles. The van der Waals surface area contributed by atoms with E-state index in [9.17, 15) is 14.4 Å². The fourth-order valence-electron chi connectivity index (χ4n) is 4.59. The van der Waals surface area contributed by atoms with Crippen molar-refractivity contribution in [2.24, 2.45) is 0 Å². The van der Waals surface area contributed by atoms with Crippen LogP contribution < -0.4 is 16.0 Å². The molecule has 154 valence electrons. The van der Waals surface area contributed by atoms with E-state index in [-0.39, 0.29) is 24.1 Å².